The Kier molecular flexibility index (Phi) is 7.12. The summed E-state index contributed by atoms with van der Waals surface area (Å²) in [6, 6.07) is 15.4. The molecule has 1 amide bonds. The minimum atomic E-state index is -0.274. The molecule has 1 heterocycles. The van der Waals surface area contributed by atoms with Gasteiger partial charge < -0.3 is 9.88 Å². The number of nitrogens with one attached hydrogen (secondary N) is 1. The summed E-state index contributed by atoms with van der Waals surface area (Å²) in [6.45, 7) is 3.99. The number of aromatic nitrogens is 3. The molecule has 0 fully saturated rings. The summed E-state index contributed by atoms with van der Waals surface area (Å²) in [4.78, 5) is 12.3. The molecule has 5 nitrogen and oxygen atoms in total. The highest BCUT2D eigenvalue weighted by molar-refractivity contribution is 7.98. The second-order valence-electron chi connectivity index (χ2n) is 6.70. The van der Waals surface area contributed by atoms with E-state index >= 15 is 0 Å². The van der Waals surface area contributed by atoms with Crippen molar-refractivity contribution >= 4 is 35.3 Å². The fraction of sp³-hybridized carbons (Fsp3) is 0.227. The van der Waals surface area contributed by atoms with Gasteiger partial charge in [-0.2, -0.15) is 0 Å². The predicted octanol–water partition coefficient (Wildman–Crippen LogP) is 4.96. The summed E-state index contributed by atoms with van der Waals surface area (Å²) in [5, 5.41) is 12.9. The average Bonchev–Trinajstić information content (AvgIpc) is 3.07. The molecule has 0 aliphatic carbocycles. The molecule has 1 N–H and O–H groups in total. The predicted molar refractivity (Wildman–Crippen MR) is 119 cm³/mol. The van der Waals surface area contributed by atoms with Crippen molar-refractivity contribution < 1.29 is 4.79 Å². The lowest BCUT2D eigenvalue weighted by molar-refractivity contribution is -0.117. The van der Waals surface area contributed by atoms with E-state index in [-0.39, 0.29) is 11.9 Å². The van der Waals surface area contributed by atoms with Gasteiger partial charge in [0.05, 0.1) is 6.04 Å². The second-order valence-corrected chi connectivity index (χ2v) is 8.05. The molecular weight excluding hydrogens is 404 g/mol. The van der Waals surface area contributed by atoms with Crippen LogP contribution in [0.4, 0.5) is 0 Å². The van der Waals surface area contributed by atoms with Crippen LogP contribution in [0, 0.1) is 6.92 Å². The fourth-order valence-electron chi connectivity index (χ4n) is 2.85. The number of nitrogens with zero attached hydrogens (tertiary/aromatic N) is 3. The number of carbonyl (C=O) groups is 1. The van der Waals surface area contributed by atoms with Crippen molar-refractivity contribution in [3.8, 4) is 0 Å². The standard InChI is InChI=1S/C22H23ClN4OS/c1-15-8-4-5-10-18(15)14-29-22-26-25-21(27(22)3)16(2)24-20(28)13-12-17-9-6-7-11-19(17)23/h4-13,16H,14H2,1-3H3,(H,24,28). The van der Waals surface area contributed by atoms with E-state index in [9.17, 15) is 4.79 Å². The number of aryl methyl sites for hydroxylation is 1. The highest BCUT2D eigenvalue weighted by atomic mass is 35.5. The van der Waals surface area contributed by atoms with Gasteiger partial charge in [0.15, 0.2) is 11.0 Å². The highest BCUT2D eigenvalue weighted by Crippen LogP contribution is 2.24. The van der Waals surface area contributed by atoms with Crippen molar-refractivity contribution in [3.63, 3.8) is 0 Å². The summed E-state index contributed by atoms with van der Waals surface area (Å²) < 4.78 is 1.92. The number of thioether (sulfide) groups is 1. The highest BCUT2D eigenvalue weighted by Gasteiger charge is 2.17. The van der Waals surface area contributed by atoms with Crippen LogP contribution in [-0.4, -0.2) is 20.7 Å². The number of halogens is 1. The number of hydrogen-bond acceptors (Lipinski definition) is 4. The second kappa shape index (κ2) is 9.76. The van der Waals surface area contributed by atoms with Gasteiger partial charge in [-0.25, -0.2) is 0 Å². The lowest BCUT2D eigenvalue weighted by Crippen LogP contribution is -2.26. The van der Waals surface area contributed by atoms with Crippen LogP contribution >= 0.6 is 23.4 Å². The van der Waals surface area contributed by atoms with E-state index in [1.165, 1.54) is 17.2 Å². The van der Waals surface area contributed by atoms with Gasteiger partial charge in [-0.3, -0.25) is 4.79 Å². The van der Waals surface area contributed by atoms with Crippen LogP contribution in [0.25, 0.3) is 6.08 Å². The van der Waals surface area contributed by atoms with Crippen molar-refractivity contribution in [1.82, 2.24) is 20.1 Å². The molecule has 0 radical (unpaired) electrons. The molecule has 0 aliphatic rings. The molecule has 7 heteroatoms. The van der Waals surface area contributed by atoms with Gasteiger partial charge in [0.1, 0.15) is 0 Å². The van der Waals surface area contributed by atoms with Crippen LogP contribution < -0.4 is 5.32 Å². The smallest absolute Gasteiger partial charge is 0.244 e. The van der Waals surface area contributed by atoms with Crippen LogP contribution in [0.1, 0.15) is 35.5 Å². The van der Waals surface area contributed by atoms with Gasteiger partial charge in [0, 0.05) is 23.9 Å². The largest absolute Gasteiger partial charge is 0.343 e. The maximum Gasteiger partial charge on any atom is 0.244 e. The molecule has 3 aromatic rings. The Bertz CT molecular complexity index is 1030. The van der Waals surface area contributed by atoms with E-state index in [1.807, 2.05) is 48.9 Å². The summed E-state index contributed by atoms with van der Waals surface area (Å²) in [5.41, 5.74) is 3.33. The molecule has 3 rings (SSSR count). The van der Waals surface area contributed by atoms with Crippen molar-refractivity contribution in [3.05, 3.63) is 82.1 Å². The fourth-order valence-corrected chi connectivity index (χ4v) is 4.04. The van der Waals surface area contributed by atoms with E-state index in [2.05, 4.69) is 34.6 Å². The van der Waals surface area contributed by atoms with Crippen LogP contribution in [-0.2, 0) is 17.6 Å². The number of carbonyl (C=O) groups excluding carboxylic acids is 1. The zero-order valence-electron chi connectivity index (χ0n) is 16.6. The molecule has 1 atom stereocenters. The van der Waals surface area contributed by atoms with E-state index in [0.29, 0.717) is 10.8 Å². The van der Waals surface area contributed by atoms with Gasteiger partial charge in [0.25, 0.3) is 0 Å². The molecule has 0 saturated carbocycles. The van der Waals surface area contributed by atoms with E-state index in [4.69, 9.17) is 11.6 Å². The lowest BCUT2D eigenvalue weighted by atomic mass is 10.1. The average molecular weight is 427 g/mol. The maximum absolute atomic E-state index is 12.3. The Morgan fingerprint density at radius 1 is 1.21 bits per heavy atom. The number of hydrogen-bond donors (Lipinski definition) is 1. The molecule has 0 saturated heterocycles. The van der Waals surface area contributed by atoms with Gasteiger partial charge in [-0.15, -0.1) is 10.2 Å². The van der Waals surface area contributed by atoms with Crippen molar-refractivity contribution in [2.45, 2.75) is 30.8 Å². The Labute approximate surface area is 180 Å². The number of benzene rings is 2. The summed E-state index contributed by atoms with van der Waals surface area (Å²) in [7, 11) is 1.91. The first-order chi connectivity index (χ1) is 14.0. The minimum absolute atomic E-state index is 0.213. The Hall–Kier alpha value is -2.57. The van der Waals surface area contributed by atoms with Crippen LogP contribution in [0.5, 0.6) is 0 Å². The summed E-state index contributed by atoms with van der Waals surface area (Å²) in [5.74, 6) is 1.31. The molecule has 0 bridgehead atoms. The van der Waals surface area contributed by atoms with Crippen LogP contribution in [0.3, 0.4) is 0 Å². The van der Waals surface area contributed by atoms with Crippen molar-refractivity contribution in [2.75, 3.05) is 0 Å². The molecular formula is C22H23ClN4OS. The van der Waals surface area contributed by atoms with Gasteiger partial charge in [-0.1, -0.05) is 65.8 Å². The zero-order chi connectivity index (χ0) is 20.8. The van der Waals surface area contributed by atoms with Crippen molar-refractivity contribution in [1.29, 1.82) is 0 Å². The molecule has 29 heavy (non-hydrogen) atoms. The maximum atomic E-state index is 12.3. The minimum Gasteiger partial charge on any atom is -0.343 e. The first kappa shape index (κ1) is 21.1. The van der Waals surface area contributed by atoms with Gasteiger partial charge >= 0.3 is 0 Å². The Morgan fingerprint density at radius 3 is 2.69 bits per heavy atom. The van der Waals surface area contributed by atoms with Gasteiger partial charge in [-0.05, 0) is 42.7 Å². The summed E-state index contributed by atoms with van der Waals surface area (Å²) in [6.07, 6.45) is 3.17. The molecule has 1 unspecified atom stereocenters. The third kappa shape index (κ3) is 5.49. The third-order valence-corrected chi connectivity index (χ3v) is 5.97. The third-order valence-electron chi connectivity index (χ3n) is 4.55. The van der Waals surface area contributed by atoms with E-state index < -0.39 is 0 Å². The van der Waals surface area contributed by atoms with E-state index in [0.717, 1.165) is 16.5 Å². The normalized spacial score (nSPS) is 12.3. The van der Waals surface area contributed by atoms with Gasteiger partial charge in [0.2, 0.25) is 5.91 Å². The Balaban J connectivity index is 1.61. The monoisotopic (exact) mass is 426 g/mol. The molecule has 150 valence electrons. The van der Waals surface area contributed by atoms with Crippen LogP contribution in [0.15, 0.2) is 59.8 Å². The topological polar surface area (TPSA) is 59.8 Å². The van der Waals surface area contributed by atoms with Crippen LogP contribution in [0.2, 0.25) is 5.02 Å². The SMILES string of the molecule is Cc1ccccc1CSc1nnc(C(C)NC(=O)C=Cc2ccccc2Cl)n1C. The summed E-state index contributed by atoms with van der Waals surface area (Å²) >= 11 is 7.74. The first-order valence-corrected chi connectivity index (χ1v) is 10.6. The van der Waals surface area contributed by atoms with E-state index in [1.54, 1.807) is 23.9 Å². The molecule has 2 aromatic carbocycles. The zero-order valence-corrected chi connectivity index (χ0v) is 18.2. The lowest BCUT2D eigenvalue weighted by Gasteiger charge is -2.12. The first-order valence-electron chi connectivity index (χ1n) is 9.25. The molecule has 0 spiro atoms. The Morgan fingerprint density at radius 2 is 1.93 bits per heavy atom. The van der Waals surface area contributed by atoms with Crippen molar-refractivity contribution in [2.24, 2.45) is 7.05 Å². The molecule has 0 aliphatic heterocycles. The number of rotatable bonds is 7. The number of amides is 1. The quantitative estimate of drug-likeness (QED) is 0.428. The molecule has 1 aromatic heterocycles.